The molecular formula is C20H28O5. The number of fused-ring (bicyclic) bond motifs is 1. The Bertz CT molecular complexity index is 634. The summed E-state index contributed by atoms with van der Waals surface area (Å²) in [5.41, 5.74) is -0.0716. The number of ether oxygens (including phenoxy) is 2. The van der Waals surface area contributed by atoms with Crippen molar-refractivity contribution in [2.75, 3.05) is 19.8 Å². The van der Waals surface area contributed by atoms with Crippen LogP contribution in [0.2, 0.25) is 0 Å². The van der Waals surface area contributed by atoms with Gasteiger partial charge in [0.2, 0.25) is 0 Å². The molecule has 6 atom stereocenters. The number of rotatable bonds is 3. The van der Waals surface area contributed by atoms with Crippen LogP contribution in [0.25, 0.3) is 0 Å². The molecule has 0 aromatic rings. The van der Waals surface area contributed by atoms with Gasteiger partial charge in [0.1, 0.15) is 6.61 Å². The summed E-state index contributed by atoms with van der Waals surface area (Å²) in [4.78, 5) is 11.7. The van der Waals surface area contributed by atoms with Gasteiger partial charge in [0.25, 0.3) is 0 Å². The highest BCUT2D eigenvalue weighted by molar-refractivity contribution is 5.93. The first-order chi connectivity index (χ1) is 11.9. The third-order valence-electron chi connectivity index (χ3n) is 7.52. The van der Waals surface area contributed by atoms with Gasteiger partial charge >= 0.3 is 5.97 Å². The predicted octanol–water partition coefficient (Wildman–Crippen LogP) is 1.98. The lowest BCUT2D eigenvalue weighted by atomic mass is 9.45. The van der Waals surface area contributed by atoms with Crippen LogP contribution in [-0.2, 0) is 14.3 Å². The number of aliphatic hydroxyl groups excluding tert-OH is 2. The highest BCUT2D eigenvalue weighted by atomic mass is 16.6. The van der Waals surface area contributed by atoms with Crippen molar-refractivity contribution < 1.29 is 24.5 Å². The van der Waals surface area contributed by atoms with Gasteiger partial charge in [0.15, 0.2) is 0 Å². The third-order valence-corrected chi connectivity index (χ3v) is 7.52. The second-order valence-corrected chi connectivity index (χ2v) is 8.76. The number of hydrogen-bond donors (Lipinski definition) is 2. The molecule has 0 bridgehead atoms. The van der Waals surface area contributed by atoms with Crippen molar-refractivity contribution in [3.05, 3.63) is 23.8 Å². The number of carbonyl (C=O) groups excluding carboxylic acids is 1. The molecule has 2 aliphatic carbocycles. The van der Waals surface area contributed by atoms with Crippen LogP contribution in [0.4, 0.5) is 0 Å². The van der Waals surface area contributed by atoms with E-state index in [1.807, 2.05) is 19.1 Å². The van der Waals surface area contributed by atoms with E-state index in [-0.39, 0.29) is 35.4 Å². The lowest BCUT2D eigenvalue weighted by Crippen LogP contribution is -2.60. The molecule has 2 aliphatic heterocycles. The Morgan fingerprint density at radius 1 is 1.32 bits per heavy atom. The maximum Gasteiger partial charge on any atom is 0.338 e. The minimum Gasteiger partial charge on any atom is -0.458 e. The fraction of sp³-hybridized carbons (Fsp3) is 0.750. The van der Waals surface area contributed by atoms with E-state index in [1.54, 1.807) is 0 Å². The molecule has 1 spiro atoms. The highest BCUT2D eigenvalue weighted by Crippen LogP contribution is 2.65. The number of carbonyl (C=O) groups is 1. The topological polar surface area (TPSA) is 79.3 Å². The number of esters is 1. The summed E-state index contributed by atoms with van der Waals surface area (Å²) in [7, 11) is 0. The summed E-state index contributed by atoms with van der Waals surface area (Å²) in [5.74, 6) is 0.132. The third kappa shape index (κ3) is 2.43. The van der Waals surface area contributed by atoms with Crippen LogP contribution < -0.4 is 0 Å². The molecular weight excluding hydrogens is 320 g/mol. The van der Waals surface area contributed by atoms with E-state index in [1.165, 1.54) is 0 Å². The van der Waals surface area contributed by atoms with Gasteiger partial charge in [-0.2, -0.15) is 0 Å². The van der Waals surface area contributed by atoms with Gasteiger partial charge in [-0.25, -0.2) is 4.79 Å². The molecule has 5 heteroatoms. The Morgan fingerprint density at radius 3 is 2.68 bits per heavy atom. The van der Waals surface area contributed by atoms with Crippen LogP contribution in [0, 0.1) is 22.7 Å². The maximum atomic E-state index is 11.7. The molecule has 2 heterocycles. The van der Waals surface area contributed by atoms with Gasteiger partial charge in [-0.05, 0) is 43.1 Å². The second kappa shape index (κ2) is 5.66. The summed E-state index contributed by atoms with van der Waals surface area (Å²) in [5, 5.41) is 20.6. The Balaban J connectivity index is 1.68. The van der Waals surface area contributed by atoms with Crippen LogP contribution in [0.3, 0.4) is 0 Å². The summed E-state index contributed by atoms with van der Waals surface area (Å²) < 4.78 is 10.9. The predicted molar refractivity (Wildman–Crippen MR) is 91.6 cm³/mol. The fourth-order valence-corrected chi connectivity index (χ4v) is 5.85. The van der Waals surface area contributed by atoms with Crippen LogP contribution in [-0.4, -0.2) is 47.7 Å². The maximum absolute atomic E-state index is 11.7. The zero-order valence-corrected chi connectivity index (χ0v) is 15.0. The molecule has 3 fully saturated rings. The Morgan fingerprint density at radius 2 is 2.08 bits per heavy atom. The van der Waals surface area contributed by atoms with Crippen LogP contribution in [0.1, 0.15) is 39.5 Å². The molecule has 0 aromatic carbocycles. The smallest absolute Gasteiger partial charge is 0.338 e. The first-order valence-electron chi connectivity index (χ1n) is 9.34. The molecule has 4 rings (SSSR count). The molecule has 2 N–H and O–H groups in total. The van der Waals surface area contributed by atoms with Crippen molar-refractivity contribution in [2.24, 2.45) is 22.7 Å². The molecule has 2 saturated carbocycles. The van der Waals surface area contributed by atoms with E-state index in [2.05, 4.69) is 13.0 Å². The van der Waals surface area contributed by atoms with Gasteiger partial charge < -0.3 is 19.7 Å². The molecule has 0 aromatic heterocycles. The van der Waals surface area contributed by atoms with Gasteiger partial charge in [0, 0.05) is 11.3 Å². The van der Waals surface area contributed by atoms with E-state index in [4.69, 9.17) is 9.47 Å². The Kier molecular flexibility index (Phi) is 3.91. The summed E-state index contributed by atoms with van der Waals surface area (Å²) in [6.45, 7) is 5.39. The lowest BCUT2D eigenvalue weighted by Gasteiger charge is -2.60. The monoisotopic (exact) mass is 348 g/mol. The molecule has 4 aliphatic rings. The van der Waals surface area contributed by atoms with Crippen LogP contribution >= 0.6 is 0 Å². The quantitative estimate of drug-likeness (QED) is 0.602. The van der Waals surface area contributed by atoms with Crippen molar-refractivity contribution in [2.45, 2.75) is 51.2 Å². The van der Waals surface area contributed by atoms with E-state index in [0.29, 0.717) is 18.6 Å². The van der Waals surface area contributed by atoms with Crippen molar-refractivity contribution in [3.8, 4) is 0 Å². The normalized spacial score (nSPS) is 49.2. The lowest BCUT2D eigenvalue weighted by molar-refractivity contribution is -0.167. The molecule has 138 valence electrons. The fourth-order valence-electron chi connectivity index (χ4n) is 5.85. The van der Waals surface area contributed by atoms with E-state index < -0.39 is 11.5 Å². The highest BCUT2D eigenvalue weighted by Gasteiger charge is 2.66. The van der Waals surface area contributed by atoms with E-state index in [9.17, 15) is 15.0 Å². The first kappa shape index (κ1) is 17.3. The van der Waals surface area contributed by atoms with Crippen molar-refractivity contribution in [1.29, 1.82) is 0 Å². The first-order valence-corrected chi connectivity index (χ1v) is 9.34. The van der Waals surface area contributed by atoms with E-state index >= 15 is 0 Å². The molecule has 25 heavy (non-hydrogen) atoms. The zero-order chi connectivity index (χ0) is 17.9. The van der Waals surface area contributed by atoms with Crippen LogP contribution in [0.5, 0.6) is 0 Å². The van der Waals surface area contributed by atoms with Gasteiger partial charge in [-0.1, -0.05) is 26.0 Å². The number of cyclic esters (lactones) is 1. The average Bonchev–Trinajstić information content (AvgIpc) is 3.24. The standard InChI is InChI=1S/C20H28O5/c1-18-8-6-16(22)19(2,11-21)14(18)5-9-20(12-25-20)15(18)4-3-13-7-10-24-17(13)23/h3-4,7,14-16,21-22H,5-6,8-12H2,1-2H3/b4-3+/t14-,15-,16+,18+,19-,20-/m0/s1. The zero-order valence-electron chi connectivity index (χ0n) is 15.0. The van der Waals surface area contributed by atoms with Crippen molar-refractivity contribution in [1.82, 2.24) is 0 Å². The molecule has 0 amide bonds. The van der Waals surface area contributed by atoms with Crippen molar-refractivity contribution in [3.63, 3.8) is 0 Å². The number of epoxide rings is 1. The average molecular weight is 348 g/mol. The molecule has 5 nitrogen and oxygen atoms in total. The molecule has 0 unspecified atom stereocenters. The van der Waals surface area contributed by atoms with Gasteiger partial charge in [0.05, 0.1) is 30.5 Å². The van der Waals surface area contributed by atoms with Crippen LogP contribution in [0.15, 0.2) is 23.8 Å². The van der Waals surface area contributed by atoms with Crippen molar-refractivity contribution >= 4 is 5.97 Å². The minimum atomic E-state index is -0.485. The minimum absolute atomic E-state index is 0.00378. The molecule has 1 saturated heterocycles. The summed E-state index contributed by atoms with van der Waals surface area (Å²) >= 11 is 0. The second-order valence-electron chi connectivity index (χ2n) is 8.76. The van der Waals surface area contributed by atoms with Gasteiger partial charge in [-0.15, -0.1) is 0 Å². The summed E-state index contributed by atoms with van der Waals surface area (Å²) in [6.07, 6.45) is 8.85. The van der Waals surface area contributed by atoms with E-state index in [0.717, 1.165) is 25.9 Å². The Labute approximate surface area is 148 Å². The number of hydrogen-bond acceptors (Lipinski definition) is 5. The van der Waals surface area contributed by atoms with Gasteiger partial charge in [-0.3, -0.25) is 0 Å². The SMILES string of the molecule is C[C@]1(CO)[C@H]2CC[C@]3(CO3)[C@@H](/C=C/C3=CCOC3=O)[C@]2(C)CC[C@H]1O. The number of aliphatic hydroxyl groups is 2. The molecule has 0 radical (unpaired) electrons. The Hall–Kier alpha value is -1.17. The largest absolute Gasteiger partial charge is 0.458 e. The summed E-state index contributed by atoms with van der Waals surface area (Å²) in [6, 6.07) is 0.